The summed E-state index contributed by atoms with van der Waals surface area (Å²) in [6, 6.07) is 6.51. The zero-order chi connectivity index (χ0) is 14.7. The lowest BCUT2D eigenvalue weighted by Gasteiger charge is -2.07. The summed E-state index contributed by atoms with van der Waals surface area (Å²) < 4.78 is 18.7. The van der Waals surface area contributed by atoms with Crippen molar-refractivity contribution >= 4 is 27.4 Å². The molecular weight excluding hydrogens is 333 g/mol. The van der Waals surface area contributed by atoms with Crippen molar-refractivity contribution in [2.24, 2.45) is 0 Å². The number of nitrogens with zero attached hydrogens (tertiary/aromatic N) is 2. The molecule has 0 aliphatic heterocycles. The van der Waals surface area contributed by atoms with Crippen LogP contribution >= 0.6 is 15.9 Å². The van der Waals surface area contributed by atoms with E-state index in [1.807, 2.05) is 0 Å². The highest BCUT2D eigenvalue weighted by Gasteiger charge is 2.12. The van der Waals surface area contributed by atoms with Gasteiger partial charge in [0.05, 0.1) is 21.5 Å². The molecule has 0 saturated heterocycles. The van der Waals surface area contributed by atoms with E-state index >= 15 is 0 Å². The molecular formula is C12H9BrFN3O3. The molecule has 104 valence electrons. The molecule has 8 heteroatoms. The van der Waals surface area contributed by atoms with Crippen LogP contribution in [0.4, 0.5) is 15.9 Å². The topological polar surface area (TPSA) is 77.3 Å². The van der Waals surface area contributed by atoms with Crippen molar-refractivity contribution in [3.8, 4) is 11.6 Å². The van der Waals surface area contributed by atoms with Gasteiger partial charge in [0.1, 0.15) is 17.4 Å². The maximum atomic E-state index is 13.1. The summed E-state index contributed by atoms with van der Waals surface area (Å²) in [6.45, 7) is 0. The number of hydrogen-bond donors (Lipinski definition) is 1. The number of anilines is 1. The Morgan fingerprint density at radius 3 is 2.75 bits per heavy atom. The Bertz CT molecular complexity index is 666. The molecule has 0 spiro atoms. The minimum atomic E-state index is -0.546. The normalized spacial score (nSPS) is 10.2. The first kappa shape index (κ1) is 14.2. The molecule has 0 saturated carbocycles. The summed E-state index contributed by atoms with van der Waals surface area (Å²) in [6.07, 6.45) is 0. The highest BCUT2D eigenvalue weighted by Crippen LogP contribution is 2.28. The number of benzene rings is 1. The maximum Gasteiger partial charge on any atom is 0.278 e. The second-order valence-corrected chi connectivity index (χ2v) is 4.59. The molecule has 0 aliphatic carbocycles. The fourth-order valence-electron chi connectivity index (χ4n) is 1.44. The van der Waals surface area contributed by atoms with E-state index in [-0.39, 0.29) is 16.0 Å². The van der Waals surface area contributed by atoms with Crippen molar-refractivity contribution in [3.05, 3.63) is 50.7 Å². The van der Waals surface area contributed by atoms with Gasteiger partial charge in [-0.15, -0.1) is 0 Å². The Hall–Kier alpha value is -2.22. The number of pyridine rings is 1. The minimum absolute atomic E-state index is 0.0436. The molecule has 2 aromatic rings. The van der Waals surface area contributed by atoms with Crippen molar-refractivity contribution in [1.82, 2.24) is 4.98 Å². The average Bonchev–Trinajstić information content (AvgIpc) is 2.42. The molecule has 1 N–H and O–H groups in total. The quantitative estimate of drug-likeness (QED) is 0.677. The van der Waals surface area contributed by atoms with Crippen LogP contribution in [0.25, 0.3) is 0 Å². The Kier molecular flexibility index (Phi) is 4.14. The van der Waals surface area contributed by atoms with Crippen LogP contribution in [0.15, 0.2) is 34.8 Å². The molecule has 6 nitrogen and oxygen atoms in total. The smallest absolute Gasteiger partial charge is 0.278 e. The highest BCUT2D eigenvalue weighted by molar-refractivity contribution is 9.10. The first-order chi connectivity index (χ1) is 9.49. The standard InChI is InChI=1S/C12H9BrFN3O3/c1-15-11-4-7(17(18)19)5-12(16-11)20-8-2-3-10(14)9(13)6-8/h2-6H,1H3,(H,15,16). The van der Waals surface area contributed by atoms with E-state index in [9.17, 15) is 14.5 Å². The van der Waals surface area contributed by atoms with Crippen LogP contribution in [0, 0.1) is 15.9 Å². The van der Waals surface area contributed by atoms with Crippen LogP contribution in [0.2, 0.25) is 0 Å². The molecule has 1 aromatic carbocycles. The molecule has 0 aliphatic rings. The first-order valence-corrected chi connectivity index (χ1v) is 6.26. The fraction of sp³-hybridized carbons (Fsp3) is 0.0833. The van der Waals surface area contributed by atoms with Crippen LogP contribution in [0.3, 0.4) is 0 Å². The van der Waals surface area contributed by atoms with Crippen molar-refractivity contribution in [2.45, 2.75) is 0 Å². The number of rotatable bonds is 4. The fourth-order valence-corrected chi connectivity index (χ4v) is 1.80. The lowest BCUT2D eigenvalue weighted by molar-refractivity contribution is -0.384. The third kappa shape index (κ3) is 3.21. The monoisotopic (exact) mass is 341 g/mol. The van der Waals surface area contributed by atoms with Crippen LogP contribution in [0.5, 0.6) is 11.6 Å². The molecule has 2 rings (SSSR count). The molecule has 0 radical (unpaired) electrons. The Morgan fingerprint density at radius 2 is 2.15 bits per heavy atom. The van der Waals surface area contributed by atoms with E-state index in [0.717, 1.165) is 0 Å². The number of nitrogens with one attached hydrogen (secondary N) is 1. The third-order valence-corrected chi connectivity index (χ3v) is 2.97. The lowest BCUT2D eigenvalue weighted by Crippen LogP contribution is -1.98. The van der Waals surface area contributed by atoms with Gasteiger partial charge in [0.25, 0.3) is 5.69 Å². The van der Waals surface area contributed by atoms with Gasteiger partial charge in [-0.25, -0.2) is 4.39 Å². The van der Waals surface area contributed by atoms with Gasteiger partial charge in [0.2, 0.25) is 5.88 Å². The third-order valence-electron chi connectivity index (χ3n) is 2.37. The second kappa shape index (κ2) is 5.83. The summed E-state index contributed by atoms with van der Waals surface area (Å²) in [5, 5.41) is 13.5. The number of ether oxygens (including phenoxy) is 1. The van der Waals surface area contributed by atoms with Gasteiger partial charge in [-0.3, -0.25) is 10.1 Å². The molecule has 0 bridgehead atoms. The zero-order valence-corrected chi connectivity index (χ0v) is 11.8. The van der Waals surface area contributed by atoms with Gasteiger partial charge >= 0.3 is 0 Å². The first-order valence-electron chi connectivity index (χ1n) is 5.46. The minimum Gasteiger partial charge on any atom is -0.439 e. The molecule has 0 amide bonds. The van der Waals surface area contributed by atoms with Crippen molar-refractivity contribution in [1.29, 1.82) is 0 Å². The summed E-state index contributed by atoms with van der Waals surface area (Å²) in [7, 11) is 1.59. The van der Waals surface area contributed by atoms with E-state index < -0.39 is 10.7 Å². The summed E-state index contributed by atoms with van der Waals surface area (Å²) in [5.41, 5.74) is -0.152. The molecule has 20 heavy (non-hydrogen) atoms. The summed E-state index contributed by atoms with van der Waals surface area (Å²) in [5.74, 6) is 0.228. The predicted octanol–water partition coefficient (Wildman–Crippen LogP) is 3.73. The van der Waals surface area contributed by atoms with Crippen LogP contribution in [-0.4, -0.2) is 17.0 Å². The Labute approximate surface area is 121 Å². The van der Waals surface area contributed by atoms with Crippen molar-refractivity contribution in [2.75, 3.05) is 12.4 Å². The number of hydrogen-bond acceptors (Lipinski definition) is 5. The van der Waals surface area contributed by atoms with E-state index in [1.165, 1.54) is 30.3 Å². The number of halogens is 2. The Balaban J connectivity index is 2.34. The largest absolute Gasteiger partial charge is 0.439 e. The van der Waals surface area contributed by atoms with Crippen LogP contribution in [-0.2, 0) is 0 Å². The predicted molar refractivity (Wildman–Crippen MR) is 74.6 cm³/mol. The van der Waals surface area contributed by atoms with E-state index in [1.54, 1.807) is 7.05 Å². The lowest BCUT2D eigenvalue weighted by atomic mass is 10.3. The van der Waals surface area contributed by atoms with Gasteiger partial charge in [0.15, 0.2) is 0 Å². The number of aromatic nitrogens is 1. The van der Waals surface area contributed by atoms with E-state index in [0.29, 0.717) is 11.6 Å². The van der Waals surface area contributed by atoms with Gasteiger partial charge < -0.3 is 10.1 Å². The van der Waals surface area contributed by atoms with E-state index in [4.69, 9.17) is 4.74 Å². The van der Waals surface area contributed by atoms with Gasteiger partial charge in [-0.05, 0) is 34.1 Å². The summed E-state index contributed by atoms with van der Waals surface area (Å²) in [4.78, 5) is 14.3. The molecule has 0 atom stereocenters. The van der Waals surface area contributed by atoms with Crippen molar-refractivity contribution in [3.63, 3.8) is 0 Å². The van der Waals surface area contributed by atoms with Crippen molar-refractivity contribution < 1.29 is 14.1 Å². The van der Waals surface area contributed by atoms with Gasteiger partial charge in [-0.1, -0.05) is 0 Å². The molecule has 0 unspecified atom stereocenters. The van der Waals surface area contributed by atoms with Gasteiger partial charge in [0, 0.05) is 7.05 Å². The zero-order valence-electron chi connectivity index (χ0n) is 10.3. The maximum absolute atomic E-state index is 13.1. The highest BCUT2D eigenvalue weighted by atomic mass is 79.9. The van der Waals surface area contributed by atoms with Crippen LogP contribution < -0.4 is 10.1 Å². The second-order valence-electron chi connectivity index (χ2n) is 3.73. The van der Waals surface area contributed by atoms with Crippen LogP contribution in [0.1, 0.15) is 0 Å². The average molecular weight is 342 g/mol. The molecule has 1 aromatic heterocycles. The molecule has 1 heterocycles. The SMILES string of the molecule is CNc1cc([N+](=O)[O-])cc(Oc2ccc(F)c(Br)c2)n1. The Morgan fingerprint density at radius 1 is 1.40 bits per heavy atom. The van der Waals surface area contributed by atoms with Gasteiger partial charge in [-0.2, -0.15) is 4.98 Å². The molecule has 0 fully saturated rings. The van der Waals surface area contributed by atoms with E-state index in [2.05, 4.69) is 26.2 Å². The summed E-state index contributed by atoms with van der Waals surface area (Å²) >= 11 is 3.03. The number of nitro groups is 1.